The molecule has 0 aromatic carbocycles. The van der Waals surface area contributed by atoms with Gasteiger partial charge in [0.2, 0.25) is 0 Å². The van der Waals surface area contributed by atoms with Crippen molar-refractivity contribution in [2.24, 2.45) is 5.92 Å². The van der Waals surface area contributed by atoms with Crippen LogP contribution in [0.5, 0.6) is 0 Å². The predicted octanol–water partition coefficient (Wildman–Crippen LogP) is 1.86. The van der Waals surface area contributed by atoms with Gasteiger partial charge >= 0.3 is 0 Å². The SMILES string of the molecule is CC(=O)/C=C/CC1CCN(C)CC1. The average molecular weight is 181 g/mol. The third-order valence-corrected chi connectivity index (χ3v) is 2.66. The third kappa shape index (κ3) is 4.23. The van der Waals surface area contributed by atoms with Crippen LogP contribution in [0.4, 0.5) is 0 Å². The molecule has 0 spiro atoms. The molecule has 0 aliphatic carbocycles. The van der Waals surface area contributed by atoms with Gasteiger partial charge in [-0.1, -0.05) is 6.08 Å². The zero-order chi connectivity index (χ0) is 9.68. The first-order chi connectivity index (χ1) is 6.18. The van der Waals surface area contributed by atoms with E-state index in [1.165, 1.54) is 25.9 Å². The maximum absolute atomic E-state index is 10.6. The molecule has 1 saturated heterocycles. The van der Waals surface area contributed by atoms with Crippen molar-refractivity contribution < 1.29 is 4.79 Å². The van der Waals surface area contributed by atoms with E-state index in [4.69, 9.17) is 0 Å². The highest BCUT2D eigenvalue weighted by Crippen LogP contribution is 2.19. The van der Waals surface area contributed by atoms with Crippen molar-refractivity contribution in [1.82, 2.24) is 4.90 Å². The van der Waals surface area contributed by atoms with Crippen LogP contribution in [0.3, 0.4) is 0 Å². The number of hydrogen-bond acceptors (Lipinski definition) is 2. The van der Waals surface area contributed by atoms with Crippen LogP contribution in [0.1, 0.15) is 26.2 Å². The van der Waals surface area contributed by atoms with Crippen molar-refractivity contribution in [3.05, 3.63) is 12.2 Å². The molecule has 1 fully saturated rings. The summed E-state index contributed by atoms with van der Waals surface area (Å²) in [4.78, 5) is 13.0. The predicted molar refractivity (Wildman–Crippen MR) is 54.7 cm³/mol. The van der Waals surface area contributed by atoms with Crippen LogP contribution in [-0.4, -0.2) is 30.8 Å². The Balaban J connectivity index is 2.19. The molecule has 2 heteroatoms. The Hall–Kier alpha value is -0.630. The van der Waals surface area contributed by atoms with Crippen LogP contribution >= 0.6 is 0 Å². The minimum Gasteiger partial charge on any atom is -0.306 e. The van der Waals surface area contributed by atoms with Crippen LogP contribution in [0, 0.1) is 5.92 Å². The molecular weight excluding hydrogens is 162 g/mol. The molecule has 74 valence electrons. The van der Waals surface area contributed by atoms with Crippen molar-refractivity contribution in [3.8, 4) is 0 Å². The number of hydrogen-bond donors (Lipinski definition) is 0. The molecule has 1 rings (SSSR count). The fraction of sp³-hybridized carbons (Fsp3) is 0.727. The fourth-order valence-corrected chi connectivity index (χ4v) is 1.72. The van der Waals surface area contributed by atoms with Gasteiger partial charge in [-0.3, -0.25) is 4.79 Å². The Morgan fingerprint density at radius 1 is 1.46 bits per heavy atom. The molecule has 0 N–H and O–H groups in total. The van der Waals surface area contributed by atoms with E-state index in [2.05, 4.69) is 11.9 Å². The minimum atomic E-state index is 0.160. The Labute approximate surface area is 80.6 Å². The van der Waals surface area contributed by atoms with Crippen molar-refractivity contribution in [1.29, 1.82) is 0 Å². The van der Waals surface area contributed by atoms with Gasteiger partial charge in [0.15, 0.2) is 5.78 Å². The quantitative estimate of drug-likeness (QED) is 0.619. The normalized spacial score (nSPS) is 21.1. The molecule has 0 saturated carbocycles. The van der Waals surface area contributed by atoms with Gasteiger partial charge in [0, 0.05) is 0 Å². The molecule has 0 aromatic heterocycles. The lowest BCUT2D eigenvalue weighted by molar-refractivity contribution is -0.112. The number of carbonyl (C=O) groups is 1. The van der Waals surface area contributed by atoms with Gasteiger partial charge in [0.1, 0.15) is 0 Å². The second kappa shape index (κ2) is 5.18. The molecule has 0 amide bonds. The minimum absolute atomic E-state index is 0.160. The van der Waals surface area contributed by atoms with Crippen LogP contribution in [0.15, 0.2) is 12.2 Å². The number of likely N-dealkylation sites (tertiary alicyclic amines) is 1. The van der Waals surface area contributed by atoms with E-state index in [9.17, 15) is 4.79 Å². The number of nitrogens with zero attached hydrogens (tertiary/aromatic N) is 1. The van der Waals surface area contributed by atoms with Gasteiger partial charge in [-0.05, 0) is 58.3 Å². The van der Waals surface area contributed by atoms with Crippen LogP contribution in [0.2, 0.25) is 0 Å². The summed E-state index contributed by atoms with van der Waals surface area (Å²) in [7, 11) is 2.17. The van der Waals surface area contributed by atoms with Gasteiger partial charge in [-0.2, -0.15) is 0 Å². The van der Waals surface area contributed by atoms with Gasteiger partial charge < -0.3 is 4.90 Å². The lowest BCUT2D eigenvalue weighted by Gasteiger charge is -2.28. The summed E-state index contributed by atoms with van der Waals surface area (Å²) in [6, 6.07) is 0. The van der Waals surface area contributed by atoms with E-state index in [1.54, 1.807) is 13.0 Å². The van der Waals surface area contributed by atoms with E-state index in [-0.39, 0.29) is 5.78 Å². The van der Waals surface area contributed by atoms with Crippen molar-refractivity contribution in [2.75, 3.05) is 20.1 Å². The molecule has 2 nitrogen and oxygen atoms in total. The van der Waals surface area contributed by atoms with E-state index in [1.807, 2.05) is 6.08 Å². The zero-order valence-corrected chi connectivity index (χ0v) is 8.62. The standard InChI is InChI=1S/C11H19NO/c1-10(13)4-3-5-11-6-8-12(2)9-7-11/h3-4,11H,5-9H2,1-2H3/b4-3+. The van der Waals surface area contributed by atoms with E-state index in [0.717, 1.165) is 12.3 Å². The van der Waals surface area contributed by atoms with Crippen LogP contribution in [0.25, 0.3) is 0 Å². The Morgan fingerprint density at radius 3 is 2.62 bits per heavy atom. The van der Waals surface area contributed by atoms with Crippen LogP contribution < -0.4 is 0 Å². The second-order valence-corrected chi connectivity index (χ2v) is 4.00. The summed E-state index contributed by atoms with van der Waals surface area (Å²) < 4.78 is 0. The van der Waals surface area contributed by atoms with E-state index >= 15 is 0 Å². The molecule has 13 heavy (non-hydrogen) atoms. The first-order valence-corrected chi connectivity index (χ1v) is 5.04. The largest absolute Gasteiger partial charge is 0.306 e. The lowest BCUT2D eigenvalue weighted by atomic mass is 9.94. The maximum Gasteiger partial charge on any atom is 0.152 e. The van der Waals surface area contributed by atoms with Crippen molar-refractivity contribution in [2.45, 2.75) is 26.2 Å². The summed E-state index contributed by atoms with van der Waals surface area (Å²) in [5.74, 6) is 0.958. The number of allylic oxidation sites excluding steroid dienone is 2. The summed E-state index contributed by atoms with van der Waals surface area (Å²) in [6.45, 7) is 4.02. The number of ketones is 1. The first-order valence-electron chi connectivity index (χ1n) is 5.04. The number of carbonyl (C=O) groups excluding carboxylic acids is 1. The van der Waals surface area contributed by atoms with Gasteiger partial charge in [0.05, 0.1) is 0 Å². The molecular formula is C11H19NO. The third-order valence-electron chi connectivity index (χ3n) is 2.66. The topological polar surface area (TPSA) is 20.3 Å². The fourth-order valence-electron chi connectivity index (χ4n) is 1.72. The van der Waals surface area contributed by atoms with Gasteiger partial charge in [-0.15, -0.1) is 0 Å². The zero-order valence-electron chi connectivity index (χ0n) is 8.62. The van der Waals surface area contributed by atoms with Gasteiger partial charge in [0.25, 0.3) is 0 Å². The Kier molecular flexibility index (Phi) is 4.16. The molecule has 0 atom stereocenters. The van der Waals surface area contributed by atoms with E-state index < -0.39 is 0 Å². The van der Waals surface area contributed by atoms with E-state index in [0.29, 0.717) is 0 Å². The summed E-state index contributed by atoms with van der Waals surface area (Å²) >= 11 is 0. The molecule has 1 heterocycles. The molecule has 0 bridgehead atoms. The lowest BCUT2D eigenvalue weighted by Crippen LogP contribution is -2.29. The molecule has 1 aliphatic heterocycles. The average Bonchev–Trinajstić information content (AvgIpc) is 2.08. The smallest absolute Gasteiger partial charge is 0.152 e. The second-order valence-electron chi connectivity index (χ2n) is 4.00. The summed E-state index contributed by atoms with van der Waals surface area (Å²) in [5, 5.41) is 0. The molecule has 1 aliphatic rings. The summed E-state index contributed by atoms with van der Waals surface area (Å²) in [6.07, 6.45) is 7.35. The number of piperidine rings is 1. The Morgan fingerprint density at radius 2 is 2.08 bits per heavy atom. The van der Waals surface area contributed by atoms with Gasteiger partial charge in [-0.25, -0.2) is 0 Å². The Bertz CT molecular complexity index is 190. The van der Waals surface area contributed by atoms with Crippen molar-refractivity contribution in [3.63, 3.8) is 0 Å². The molecule has 0 radical (unpaired) electrons. The van der Waals surface area contributed by atoms with Crippen molar-refractivity contribution >= 4 is 5.78 Å². The summed E-state index contributed by atoms with van der Waals surface area (Å²) in [5.41, 5.74) is 0. The highest BCUT2D eigenvalue weighted by molar-refractivity contribution is 5.87. The molecule has 0 aromatic rings. The molecule has 0 unspecified atom stereocenters. The first kappa shape index (κ1) is 10.5. The highest BCUT2D eigenvalue weighted by Gasteiger charge is 2.14. The van der Waals surface area contributed by atoms with Crippen LogP contribution in [-0.2, 0) is 4.79 Å². The monoisotopic (exact) mass is 181 g/mol. The number of rotatable bonds is 3. The maximum atomic E-state index is 10.6. The highest BCUT2D eigenvalue weighted by atomic mass is 16.1.